The van der Waals surface area contributed by atoms with Crippen molar-refractivity contribution >= 4 is 0 Å². The lowest BCUT2D eigenvalue weighted by Crippen LogP contribution is -2.38. The quantitative estimate of drug-likeness (QED) is 0.614. The lowest BCUT2D eigenvalue weighted by molar-refractivity contribution is 0.186. The summed E-state index contributed by atoms with van der Waals surface area (Å²) >= 11 is 0. The molecule has 1 nitrogen and oxygen atoms in total. The number of rotatable bonds is 3. The zero-order valence-electron chi connectivity index (χ0n) is 7.10. The van der Waals surface area contributed by atoms with Crippen LogP contribution < -0.4 is 5.73 Å². The number of hydrogen-bond acceptors (Lipinski definition) is 1. The van der Waals surface area contributed by atoms with Gasteiger partial charge in [0, 0.05) is 0 Å². The smallest absolute Gasteiger partial charge is 0.00143 e. The molecule has 1 heteroatoms. The molecule has 0 amide bonds. The van der Waals surface area contributed by atoms with E-state index >= 15 is 0 Å². The molecule has 2 rings (SSSR count). The molecule has 0 aromatic carbocycles. The Labute approximate surface area is 68.7 Å². The molecule has 2 saturated carbocycles. The van der Waals surface area contributed by atoms with Crippen LogP contribution in [-0.2, 0) is 0 Å². The lowest BCUT2D eigenvalue weighted by atomic mass is 9.63. The van der Waals surface area contributed by atoms with Gasteiger partial charge in [-0.15, -0.1) is 0 Å². The highest BCUT2D eigenvalue weighted by molar-refractivity contribution is 5.16. The predicted octanol–water partition coefficient (Wildman–Crippen LogP) is 2.08. The van der Waals surface area contributed by atoms with Crippen LogP contribution in [0.4, 0.5) is 0 Å². The first kappa shape index (κ1) is 7.35. The summed E-state index contributed by atoms with van der Waals surface area (Å²) in [4.78, 5) is 0. The molecule has 0 radical (unpaired) electrons. The van der Waals surface area contributed by atoms with Crippen LogP contribution in [0.2, 0.25) is 0 Å². The summed E-state index contributed by atoms with van der Waals surface area (Å²) in [6.45, 7) is 4.85. The number of hydrogen-bond donors (Lipinski definition) is 1. The van der Waals surface area contributed by atoms with Gasteiger partial charge in [0.15, 0.2) is 0 Å². The second-order valence-corrected chi connectivity index (χ2v) is 4.46. The average Bonchev–Trinajstić information content (AvgIpc) is 2.67. The van der Waals surface area contributed by atoms with Crippen molar-refractivity contribution in [3.8, 4) is 0 Å². The molecule has 0 atom stereocenters. The Balaban J connectivity index is 1.89. The molecular formula is C10H17N. The highest BCUT2D eigenvalue weighted by atomic mass is 14.6. The Bertz CT molecular complexity index is 171. The fourth-order valence-electron chi connectivity index (χ4n) is 2.32. The molecule has 0 aliphatic heterocycles. The van der Waals surface area contributed by atoms with E-state index < -0.39 is 0 Å². The largest absolute Gasteiger partial charge is 0.330 e. The van der Waals surface area contributed by atoms with E-state index in [1.165, 1.54) is 37.7 Å². The van der Waals surface area contributed by atoms with Gasteiger partial charge in [-0.25, -0.2) is 0 Å². The first-order valence-corrected chi connectivity index (χ1v) is 4.61. The fraction of sp³-hybridized carbons (Fsp3) is 0.800. The van der Waals surface area contributed by atoms with Crippen molar-refractivity contribution in [2.45, 2.75) is 32.1 Å². The van der Waals surface area contributed by atoms with Gasteiger partial charge in [0.05, 0.1) is 0 Å². The molecule has 0 spiro atoms. The van der Waals surface area contributed by atoms with Gasteiger partial charge >= 0.3 is 0 Å². The number of nitrogens with two attached hydrogens (primary N) is 1. The van der Waals surface area contributed by atoms with Crippen molar-refractivity contribution in [3.05, 3.63) is 12.2 Å². The molecule has 0 saturated heterocycles. The molecule has 62 valence electrons. The van der Waals surface area contributed by atoms with E-state index in [9.17, 15) is 0 Å². The topological polar surface area (TPSA) is 26.0 Å². The summed E-state index contributed by atoms with van der Waals surface area (Å²) in [6.07, 6.45) is 6.70. The minimum atomic E-state index is 0.498. The Hall–Kier alpha value is -0.300. The maximum atomic E-state index is 5.77. The monoisotopic (exact) mass is 151 g/mol. The van der Waals surface area contributed by atoms with Crippen LogP contribution in [0.1, 0.15) is 32.1 Å². The average molecular weight is 151 g/mol. The zero-order chi connectivity index (χ0) is 7.90. The molecule has 0 aromatic heterocycles. The second kappa shape index (κ2) is 2.34. The van der Waals surface area contributed by atoms with Crippen molar-refractivity contribution in [2.75, 3.05) is 6.54 Å². The summed E-state index contributed by atoms with van der Waals surface area (Å²) < 4.78 is 0. The highest BCUT2D eigenvalue weighted by Crippen LogP contribution is 2.52. The van der Waals surface area contributed by atoms with Crippen LogP contribution in [0.5, 0.6) is 0 Å². The molecule has 2 aliphatic carbocycles. The highest BCUT2D eigenvalue weighted by Gasteiger charge is 2.42. The Morgan fingerprint density at radius 1 is 1.45 bits per heavy atom. The van der Waals surface area contributed by atoms with Gasteiger partial charge in [0.2, 0.25) is 0 Å². The normalized spacial score (nSPS) is 28.3. The molecule has 2 fully saturated rings. The molecule has 2 aliphatic rings. The molecule has 11 heavy (non-hydrogen) atoms. The van der Waals surface area contributed by atoms with Crippen LogP contribution in [0.25, 0.3) is 0 Å². The summed E-state index contributed by atoms with van der Waals surface area (Å²) in [6, 6.07) is 0. The van der Waals surface area contributed by atoms with Crippen LogP contribution in [0.3, 0.4) is 0 Å². The van der Waals surface area contributed by atoms with E-state index in [0.717, 1.165) is 12.5 Å². The second-order valence-electron chi connectivity index (χ2n) is 4.46. The van der Waals surface area contributed by atoms with Gasteiger partial charge < -0.3 is 5.73 Å². The van der Waals surface area contributed by atoms with Crippen molar-refractivity contribution in [1.29, 1.82) is 0 Å². The van der Waals surface area contributed by atoms with Gasteiger partial charge in [-0.2, -0.15) is 0 Å². The maximum Gasteiger partial charge on any atom is -0.00143 e. The summed E-state index contributed by atoms with van der Waals surface area (Å²) in [5.74, 6) is 1.02. The Kier molecular flexibility index (Phi) is 1.57. The van der Waals surface area contributed by atoms with E-state index in [0.29, 0.717) is 5.41 Å². The standard InChI is InChI=1S/C10H17N/c1-8-4-10(5-8,7-11)6-9-2-3-9/h9H,1-7,11H2. The van der Waals surface area contributed by atoms with Gasteiger partial charge in [-0.05, 0) is 37.1 Å². The summed E-state index contributed by atoms with van der Waals surface area (Å²) in [5.41, 5.74) is 7.68. The van der Waals surface area contributed by atoms with Crippen molar-refractivity contribution in [1.82, 2.24) is 0 Å². The van der Waals surface area contributed by atoms with E-state index in [-0.39, 0.29) is 0 Å². The van der Waals surface area contributed by atoms with Crippen molar-refractivity contribution < 1.29 is 0 Å². The van der Waals surface area contributed by atoms with Crippen LogP contribution in [-0.4, -0.2) is 6.54 Å². The fourth-order valence-corrected chi connectivity index (χ4v) is 2.32. The molecular weight excluding hydrogens is 134 g/mol. The summed E-state index contributed by atoms with van der Waals surface area (Å²) in [5, 5.41) is 0. The van der Waals surface area contributed by atoms with E-state index in [4.69, 9.17) is 5.73 Å². The molecule has 0 unspecified atom stereocenters. The maximum absolute atomic E-state index is 5.77. The Morgan fingerprint density at radius 3 is 2.45 bits per heavy atom. The molecule has 2 N–H and O–H groups in total. The van der Waals surface area contributed by atoms with Crippen LogP contribution in [0, 0.1) is 11.3 Å². The minimum Gasteiger partial charge on any atom is -0.330 e. The number of allylic oxidation sites excluding steroid dienone is 1. The van der Waals surface area contributed by atoms with E-state index in [2.05, 4.69) is 6.58 Å². The predicted molar refractivity (Wildman–Crippen MR) is 47.2 cm³/mol. The van der Waals surface area contributed by atoms with Crippen molar-refractivity contribution in [2.24, 2.45) is 17.1 Å². The first-order valence-electron chi connectivity index (χ1n) is 4.61. The first-order chi connectivity index (χ1) is 5.24. The third-order valence-corrected chi connectivity index (χ3v) is 3.10. The minimum absolute atomic E-state index is 0.498. The Morgan fingerprint density at radius 2 is 2.09 bits per heavy atom. The van der Waals surface area contributed by atoms with Gasteiger partial charge in [0.25, 0.3) is 0 Å². The third-order valence-electron chi connectivity index (χ3n) is 3.10. The van der Waals surface area contributed by atoms with Gasteiger partial charge in [0.1, 0.15) is 0 Å². The lowest BCUT2D eigenvalue weighted by Gasteiger charge is -2.43. The molecule has 0 bridgehead atoms. The van der Waals surface area contributed by atoms with Gasteiger partial charge in [-0.3, -0.25) is 0 Å². The molecule has 0 aromatic rings. The molecule has 0 heterocycles. The van der Waals surface area contributed by atoms with Crippen LogP contribution in [0.15, 0.2) is 12.2 Å². The van der Waals surface area contributed by atoms with Crippen LogP contribution >= 0.6 is 0 Å². The van der Waals surface area contributed by atoms with E-state index in [1.807, 2.05) is 0 Å². The van der Waals surface area contributed by atoms with E-state index in [1.54, 1.807) is 0 Å². The van der Waals surface area contributed by atoms with Crippen molar-refractivity contribution in [3.63, 3.8) is 0 Å². The third kappa shape index (κ3) is 1.34. The summed E-state index contributed by atoms with van der Waals surface area (Å²) in [7, 11) is 0. The van der Waals surface area contributed by atoms with Gasteiger partial charge in [-0.1, -0.05) is 25.0 Å². The zero-order valence-corrected chi connectivity index (χ0v) is 7.10. The SMILES string of the molecule is C=C1CC(CN)(CC2CC2)C1.